The molecule has 0 spiro atoms. The SMILES string of the molecule is CCCN1CC(C)CC(C)C1. The molecule has 1 heteroatoms. The molecule has 1 saturated heterocycles. The van der Waals surface area contributed by atoms with Gasteiger partial charge in [0.1, 0.15) is 0 Å². The summed E-state index contributed by atoms with van der Waals surface area (Å²) in [4.78, 5) is 2.61. The predicted octanol–water partition coefficient (Wildman–Crippen LogP) is 2.37. The Bertz CT molecular complexity index is 101. The van der Waals surface area contributed by atoms with E-state index in [9.17, 15) is 0 Å². The fourth-order valence-corrected chi connectivity index (χ4v) is 2.29. The molecule has 11 heavy (non-hydrogen) atoms. The zero-order valence-electron chi connectivity index (χ0n) is 8.14. The van der Waals surface area contributed by atoms with Crippen molar-refractivity contribution >= 4 is 0 Å². The monoisotopic (exact) mass is 155 g/mol. The molecule has 0 bridgehead atoms. The minimum absolute atomic E-state index is 0.922. The molecule has 0 N–H and O–H groups in total. The Morgan fingerprint density at radius 3 is 2.18 bits per heavy atom. The lowest BCUT2D eigenvalue weighted by molar-refractivity contribution is 0.141. The summed E-state index contributed by atoms with van der Waals surface area (Å²) in [6, 6.07) is 0. The van der Waals surface area contributed by atoms with Crippen LogP contribution in [0.4, 0.5) is 0 Å². The topological polar surface area (TPSA) is 3.24 Å². The number of likely N-dealkylation sites (tertiary alicyclic amines) is 1. The summed E-state index contributed by atoms with van der Waals surface area (Å²) in [6.07, 6.45) is 2.74. The molecular formula is C10H21N. The summed E-state index contributed by atoms with van der Waals surface area (Å²) in [5.41, 5.74) is 0. The minimum Gasteiger partial charge on any atom is -0.303 e. The third-order valence-corrected chi connectivity index (χ3v) is 2.48. The Labute approximate surface area is 70.8 Å². The van der Waals surface area contributed by atoms with Gasteiger partial charge in [-0.15, -0.1) is 0 Å². The molecule has 1 rings (SSSR count). The van der Waals surface area contributed by atoms with E-state index in [0.29, 0.717) is 0 Å². The summed E-state index contributed by atoms with van der Waals surface area (Å²) in [5, 5.41) is 0. The Balaban J connectivity index is 2.30. The molecule has 1 heterocycles. The number of hydrogen-bond acceptors (Lipinski definition) is 1. The van der Waals surface area contributed by atoms with Crippen molar-refractivity contribution in [3.05, 3.63) is 0 Å². The lowest BCUT2D eigenvalue weighted by Crippen LogP contribution is -2.38. The molecule has 1 aliphatic heterocycles. The standard InChI is InChI=1S/C10H21N/c1-4-5-11-7-9(2)6-10(3)8-11/h9-10H,4-8H2,1-3H3. The first-order valence-electron chi connectivity index (χ1n) is 4.94. The summed E-state index contributed by atoms with van der Waals surface area (Å²) < 4.78 is 0. The zero-order valence-corrected chi connectivity index (χ0v) is 8.14. The average Bonchev–Trinajstić information content (AvgIpc) is 1.85. The second-order valence-corrected chi connectivity index (χ2v) is 4.21. The van der Waals surface area contributed by atoms with Crippen molar-refractivity contribution in [1.82, 2.24) is 4.90 Å². The van der Waals surface area contributed by atoms with Crippen molar-refractivity contribution in [3.63, 3.8) is 0 Å². The molecule has 0 amide bonds. The molecule has 0 aromatic carbocycles. The Morgan fingerprint density at radius 2 is 1.73 bits per heavy atom. The highest BCUT2D eigenvalue weighted by molar-refractivity contribution is 4.73. The largest absolute Gasteiger partial charge is 0.303 e. The zero-order chi connectivity index (χ0) is 8.27. The Hall–Kier alpha value is -0.0400. The van der Waals surface area contributed by atoms with Crippen molar-refractivity contribution in [3.8, 4) is 0 Å². The van der Waals surface area contributed by atoms with Gasteiger partial charge in [-0.3, -0.25) is 0 Å². The van der Waals surface area contributed by atoms with E-state index in [2.05, 4.69) is 25.7 Å². The van der Waals surface area contributed by atoms with Crippen LogP contribution in [0.25, 0.3) is 0 Å². The van der Waals surface area contributed by atoms with E-state index in [1.165, 1.54) is 32.5 Å². The molecule has 0 radical (unpaired) electrons. The van der Waals surface area contributed by atoms with Gasteiger partial charge in [-0.2, -0.15) is 0 Å². The Kier molecular flexibility index (Phi) is 3.38. The molecule has 0 aliphatic carbocycles. The van der Waals surface area contributed by atoms with Gasteiger partial charge in [0.25, 0.3) is 0 Å². The smallest absolute Gasteiger partial charge is 0.000724 e. The van der Waals surface area contributed by atoms with Crippen LogP contribution in [0.3, 0.4) is 0 Å². The van der Waals surface area contributed by atoms with Crippen LogP contribution in [0.5, 0.6) is 0 Å². The van der Waals surface area contributed by atoms with Crippen LogP contribution in [0.1, 0.15) is 33.6 Å². The van der Waals surface area contributed by atoms with Gasteiger partial charge in [0.05, 0.1) is 0 Å². The van der Waals surface area contributed by atoms with Crippen molar-refractivity contribution < 1.29 is 0 Å². The van der Waals surface area contributed by atoms with Gasteiger partial charge >= 0.3 is 0 Å². The van der Waals surface area contributed by atoms with Crippen molar-refractivity contribution in [2.45, 2.75) is 33.6 Å². The maximum Gasteiger partial charge on any atom is 0.000724 e. The number of piperidine rings is 1. The maximum atomic E-state index is 2.61. The molecular weight excluding hydrogens is 134 g/mol. The fourth-order valence-electron chi connectivity index (χ4n) is 2.29. The van der Waals surface area contributed by atoms with Gasteiger partial charge in [0.15, 0.2) is 0 Å². The fraction of sp³-hybridized carbons (Fsp3) is 1.00. The minimum atomic E-state index is 0.922. The van der Waals surface area contributed by atoms with E-state index < -0.39 is 0 Å². The third-order valence-electron chi connectivity index (χ3n) is 2.48. The molecule has 0 aromatic heterocycles. The normalized spacial score (nSPS) is 34.1. The van der Waals surface area contributed by atoms with Gasteiger partial charge in [-0.25, -0.2) is 0 Å². The van der Waals surface area contributed by atoms with Gasteiger partial charge in [0, 0.05) is 13.1 Å². The first kappa shape index (κ1) is 9.05. The predicted molar refractivity (Wildman–Crippen MR) is 49.7 cm³/mol. The van der Waals surface area contributed by atoms with Gasteiger partial charge < -0.3 is 4.90 Å². The van der Waals surface area contributed by atoms with Crippen molar-refractivity contribution in [1.29, 1.82) is 0 Å². The van der Waals surface area contributed by atoms with E-state index >= 15 is 0 Å². The second-order valence-electron chi connectivity index (χ2n) is 4.21. The molecule has 2 unspecified atom stereocenters. The van der Waals surface area contributed by atoms with E-state index in [1.807, 2.05) is 0 Å². The van der Waals surface area contributed by atoms with Gasteiger partial charge in [0.2, 0.25) is 0 Å². The molecule has 2 atom stereocenters. The summed E-state index contributed by atoms with van der Waals surface area (Å²) in [7, 11) is 0. The van der Waals surface area contributed by atoms with E-state index in [0.717, 1.165) is 11.8 Å². The van der Waals surface area contributed by atoms with E-state index in [4.69, 9.17) is 0 Å². The van der Waals surface area contributed by atoms with Crippen LogP contribution in [0, 0.1) is 11.8 Å². The van der Waals surface area contributed by atoms with Crippen LogP contribution in [0.2, 0.25) is 0 Å². The van der Waals surface area contributed by atoms with Crippen LogP contribution in [0.15, 0.2) is 0 Å². The van der Waals surface area contributed by atoms with Crippen LogP contribution in [-0.4, -0.2) is 24.5 Å². The molecule has 1 fully saturated rings. The average molecular weight is 155 g/mol. The van der Waals surface area contributed by atoms with Crippen LogP contribution < -0.4 is 0 Å². The first-order chi connectivity index (χ1) is 5.22. The highest BCUT2D eigenvalue weighted by atomic mass is 15.1. The Morgan fingerprint density at radius 1 is 1.18 bits per heavy atom. The van der Waals surface area contributed by atoms with Crippen molar-refractivity contribution in [2.75, 3.05) is 19.6 Å². The summed E-state index contributed by atoms with van der Waals surface area (Å²) in [6.45, 7) is 11.0. The molecule has 66 valence electrons. The van der Waals surface area contributed by atoms with Gasteiger partial charge in [-0.1, -0.05) is 20.8 Å². The number of hydrogen-bond donors (Lipinski definition) is 0. The number of nitrogens with zero attached hydrogens (tertiary/aromatic N) is 1. The number of rotatable bonds is 2. The molecule has 1 nitrogen and oxygen atoms in total. The summed E-state index contributed by atoms with van der Waals surface area (Å²) in [5.74, 6) is 1.84. The lowest BCUT2D eigenvalue weighted by atomic mass is 9.92. The second kappa shape index (κ2) is 4.10. The van der Waals surface area contributed by atoms with E-state index in [-0.39, 0.29) is 0 Å². The summed E-state index contributed by atoms with van der Waals surface area (Å²) >= 11 is 0. The van der Waals surface area contributed by atoms with Crippen LogP contribution in [-0.2, 0) is 0 Å². The molecule has 0 saturated carbocycles. The lowest BCUT2D eigenvalue weighted by Gasteiger charge is -2.34. The molecule has 1 aliphatic rings. The highest BCUT2D eigenvalue weighted by Gasteiger charge is 2.20. The van der Waals surface area contributed by atoms with Crippen molar-refractivity contribution in [2.24, 2.45) is 11.8 Å². The van der Waals surface area contributed by atoms with E-state index in [1.54, 1.807) is 0 Å². The first-order valence-corrected chi connectivity index (χ1v) is 4.94. The van der Waals surface area contributed by atoms with Gasteiger partial charge in [-0.05, 0) is 31.2 Å². The molecule has 0 aromatic rings. The highest BCUT2D eigenvalue weighted by Crippen LogP contribution is 2.20. The quantitative estimate of drug-likeness (QED) is 0.592. The van der Waals surface area contributed by atoms with Crippen LogP contribution >= 0.6 is 0 Å². The third kappa shape index (κ3) is 2.82. The maximum absolute atomic E-state index is 2.61.